The van der Waals surface area contributed by atoms with E-state index in [2.05, 4.69) is 26.6 Å². The van der Waals surface area contributed by atoms with Gasteiger partial charge in [-0.2, -0.15) is 0 Å². The van der Waals surface area contributed by atoms with Crippen molar-refractivity contribution in [1.29, 1.82) is 0 Å². The molecule has 2 unspecified atom stereocenters. The molecule has 1 amide bonds. The van der Waals surface area contributed by atoms with E-state index in [-0.39, 0.29) is 23.9 Å². The van der Waals surface area contributed by atoms with Gasteiger partial charge in [-0.25, -0.2) is 4.79 Å². The molecule has 0 heterocycles. The molecular formula is C19H29BrN2O3. The zero-order valence-electron chi connectivity index (χ0n) is 15.3. The lowest BCUT2D eigenvalue weighted by molar-refractivity contribution is 0.0489. The first-order chi connectivity index (χ1) is 11.8. The molecule has 0 bridgehead atoms. The Morgan fingerprint density at radius 1 is 1.24 bits per heavy atom. The van der Waals surface area contributed by atoms with Crippen molar-refractivity contribution in [2.24, 2.45) is 0 Å². The average Bonchev–Trinajstić information content (AvgIpc) is 2.72. The van der Waals surface area contributed by atoms with E-state index < -0.39 is 5.60 Å². The number of amides is 1. The maximum Gasteiger partial charge on any atom is 0.407 e. The van der Waals surface area contributed by atoms with Crippen molar-refractivity contribution >= 4 is 22.0 Å². The van der Waals surface area contributed by atoms with Crippen LogP contribution < -0.4 is 10.6 Å². The Labute approximate surface area is 158 Å². The molecule has 1 aliphatic carbocycles. The number of aromatic hydroxyl groups is 1. The molecule has 2 rings (SSSR count). The molecule has 1 fully saturated rings. The topological polar surface area (TPSA) is 70.6 Å². The lowest BCUT2D eigenvalue weighted by Crippen LogP contribution is -2.50. The molecule has 2 atom stereocenters. The van der Waals surface area contributed by atoms with Gasteiger partial charge in [0.05, 0.1) is 4.47 Å². The molecule has 0 saturated heterocycles. The van der Waals surface area contributed by atoms with E-state index in [1.165, 1.54) is 6.42 Å². The second-order valence-corrected chi connectivity index (χ2v) is 8.48. The quantitative estimate of drug-likeness (QED) is 0.637. The largest absolute Gasteiger partial charge is 0.506 e. The SMILES string of the molecule is CC(C)(C)OC(=O)NC1CCCCCC1NCc1cccc(Br)c1O. The number of benzene rings is 1. The highest BCUT2D eigenvalue weighted by molar-refractivity contribution is 9.10. The fourth-order valence-electron chi connectivity index (χ4n) is 3.13. The van der Waals surface area contributed by atoms with Gasteiger partial charge in [0.15, 0.2) is 0 Å². The molecule has 5 nitrogen and oxygen atoms in total. The van der Waals surface area contributed by atoms with E-state index in [9.17, 15) is 9.90 Å². The number of phenols is 1. The summed E-state index contributed by atoms with van der Waals surface area (Å²) in [5, 5.41) is 16.7. The third-order valence-corrected chi connectivity index (χ3v) is 4.98. The molecule has 0 radical (unpaired) electrons. The summed E-state index contributed by atoms with van der Waals surface area (Å²) in [6.45, 7) is 6.16. The fourth-order valence-corrected chi connectivity index (χ4v) is 3.53. The van der Waals surface area contributed by atoms with Crippen LogP contribution in [0, 0.1) is 0 Å². The zero-order chi connectivity index (χ0) is 18.4. The molecule has 0 aliphatic heterocycles. The summed E-state index contributed by atoms with van der Waals surface area (Å²) in [6.07, 6.45) is 4.97. The Morgan fingerprint density at radius 3 is 2.60 bits per heavy atom. The fraction of sp³-hybridized carbons (Fsp3) is 0.632. The predicted molar refractivity (Wildman–Crippen MR) is 103 cm³/mol. The van der Waals surface area contributed by atoms with Crippen LogP contribution >= 0.6 is 15.9 Å². The number of hydrogen-bond donors (Lipinski definition) is 3. The van der Waals surface area contributed by atoms with E-state index in [0.717, 1.165) is 31.2 Å². The number of nitrogens with one attached hydrogen (secondary N) is 2. The normalized spacial score (nSPS) is 21.4. The number of rotatable bonds is 4. The molecule has 1 aliphatic rings. The monoisotopic (exact) mass is 412 g/mol. The first-order valence-corrected chi connectivity index (χ1v) is 9.75. The van der Waals surface area contributed by atoms with Gasteiger partial charge in [-0.3, -0.25) is 0 Å². The summed E-state index contributed by atoms with van der Waals surface area (Å²) < 4.78 is 6.09. The van der Waals surface area contributed by atoms with Crippen LogP contribution in [0.5, 0.6) is 5.75 Å². The van der Waals surface area contributed by atoms with Gasteiger partial charge >= 0.3 is 6.09 Å². The number of carbonyl (C=O) groups is 1. The Kier molecular flexibility index (Phi) is 7.14. The molecule has 25 heavy (non-hydrogen) atoms. The standard InChI is InChI=1S/C19H29BrN2O3/c1-19(2,3)25-18(24)22-16-11-6-4-5-10-15(16)21-12-13-8-7-9-14(20)17(13)23/h7-9,15-16,21,23H,4-6,10-12H2,1-3H3,(H,22,24). The van der Waals surface area contributed by atoms with Crippen LogP contribution in [0.15, 0.2) is 22.7 Å². The summed E-state index contributed by atoms with van der Waals surface area (Å²) >= 11 is 3.35. The number of ether oxygens (including phenoxy) is 1. The summed E-state index contributed by atoms with van der Waals surface area (Å²) in [6, 6.07) is 5.82. The van der Waals surface area contributed by atoms with Gasteiger partial charge < -0.3 is 20.5 Å². The minimum Gasteiger partial charge on any atom is -0.506 e. The Morgan fingerprint density at radius 2 is 1.92 bits per heavy atom. The van der Waals surface area contributed by atoms with Crippen molar-refractivity contribution in [3.05, 3.63) is 28.2 Å². The zero-order valence-corrected chi connectivity index (χ0v) is 16.9. The molecule has 1 saturated carbocycles. The van der Waals surface area contributed by atoms with Crippen LogP contribution in [-0.2, 0) is 11.3 Å². The third-order valence-electron chi connectivity index (χ3n) is 4.34. The smallest absolute Gasteiger partial charge is 0.407 e. The van der Waals surface area contributed by atoms with Gasteiger partial charge in [0.2, 0.25) is 0 Å². The molecular weight excluding hydrogens is 384 g/mol. The number of hydrogen-bond acceptors (Lipinski definition) is 4. The van der Waals surface area contributed by atoms with Gasteiger partial charge in [0.25, 0.3) is 0 Å². The number of carbonyl (C=O) groups excluding carboxylic acids is 1. The van der Waals surface area contributed by atoms with E-state index in [1.54, 1.807) is 0 Å². The van der Waals surface area contributed by atoms with Crippen molar-refractivity contribution in [2.45, 2.75) is 77.1 Å². The van der Waals surface area contributed by atoms with E-state index in [4.69, 9.17) is 4.74 Å². The van der Waals surface area contributed by atoms with Crippen LogP contribution in [0.1, 0.15) is 58.4 Å². The lowest BCUT2D eigenvalue weighted by atomic mass is 10.0. The minimum atomic E-state index is -0.500. The number of alkyl carbamates (subject to hydrolysis) is 1. The van der Waals surface area contributed by atoms with Gasteiger partial charge in [0, 0.05) is 24.2 Å². The average molecular weight is 413 g/mol. The van der Waals surface area contributed by atoms with Crippen LogP contribution in [0.25, 0.3) is 0 Å². The van der Waals surface area contributed by atoms with Crippen LogP contribution in [-0.4, -0.2) is 28.9 Å². The minimum absolute atomic E-state index is 0.0339. The number of phenolic OH excluding ortho intramolecular Hbond substituents is 1. The lowest BCUT2D eigenvalue weighted by Gasteiger charge is -2.29. The Hall–Kier alpha value is -1.27. The Bertz CT molecular complexity index is 587. The highest BCUT2D eigenvalue weighted by Gasteiger charge is 2.27. The molecule has 0 aromatic heterocycles. The molecule has 3 N–H and O–H groups in total. The van der Waals surface area contributed by atoms with Crippen molar-refractivity contribution < 1.29 is 14.6 Å². The molecule has 1 aromatic rings. The molecule has 0 spiro atoms. The second kappa shape index (κ2) is 8.90. The first kappa shape index (κ1) is 20.0. The highest BCUT2D eigenvalue weighted by Crippen LogP contribution is 2.28. The predicted octanol–water partition coefficient (Wildman–Crippen LogP) is 4.47. The van der Waals surface area contributed by atoms with E-state index >= 15 is 0 Å². The van der Waals surface area contributed by atoms with Crippen LogP contribution in [0.3, 0.4) is 0 Å². The summed E-state index contributed by atoms with van der Waals surface area (Å²) in [7, 11) is 0. The summed E-state index contributed by atoms with van der Waals surface area (Å²) in [5.74, 6) is 0.264. The van der Waals surface area contributed by atoms with Crippen LogP contribution in [0.2, 0.25) is 0 Å². The maximum absolute atomic E-state index is 12.2. The van der Waals surface area contributed by atoms with E-state index in [0.29, 0.717) is 11.0 Å². The molecule has 1 aromatic carbocycles. The van der Waals surface area contributed by atoms with Crippen LogP contribution in [0.4, 0.5) is 4.79 Å². The third kappa shape index (κ3) is 6.51. The summed E-state index contributed by atoms with van der Waals surface area (Å²) in [4.78, 5) is 12.2. The van der Waals surface area contributed by atoms with Gasteiger partial charge in [0.1, 0.15) is 11.4 Å². The van der Waals surface area contributed by atoms with Crippen molar-refractivity contribution in [3.63, 3.8) is 0 Å². The van der Waals surface area contributed by atoms with Gasteiger partial charge in [-0.15, -0.1) is 0 Å². The number of halogens is 1. The first-order valence-electron chi connectivity index (χ1n) is 8.95. The van der Waals surface area contributed by atoms with Crippen molar-refractivity contribution in [3.8, 4) is 5.75 Å². The van der Waals surface area contributed by atoms with Gasteiger partial charge in [-0.1, -0.05) is 31.4 Å². The highest BCUT2D eigenvalue weighted by atomic mass is 79.9. The van der Waals surface area contributed by atoms with Gasteiger partial charge in [-0.05, 0) is 55.6 Å². The van der Waals surface area contributed by atoms with Crippen molar-refractivity contribution in [1.82, 2.24) is 10.6 Å². The molecule has 140 valence electrons. The summed E-state index contributed by atoms with van der Waals surface area (Å²) in [5.41, 5.74) is 0.342. The molecule has 6 heteroatoms. The van der Waals surface area contributed by atoms with Crippen molar-refractivity contribution in [2.75, 3.05) is 0 Å². The Balaban J connectivity index is 1.99. The number of para-hydroxylation sites is 1. The van der Waals surface area contributed by atoms with E-state index in [1.807, 2.05) is 39.0 Å². The maximum atomic E-state index is 12.2. The second-order valence-electron chi connectivity index (χ2n) is 7.63.